The lowest BCUT2D eigenvalue weighted by Crippen LogP contribution is -2.45. The summed E-state index contributed by atoms with van der Waals surface area (Å²) in [5, 5.41) is 14.0. The van der Waals surface area contributed by atoms with E-state index in [1.54, 1.807) is 0 Å². The Hall–Kier alpha value is -0.120. The van der Waals surface area contributed by atoms with E-state index in [1.807, 2.05) is 0 Å². The predicted molar refractivity (Wildman–Crippen MR) is 107 cm³/mol. The lowest BCUT2D eigenvalue weighted by Gasteiger charge is -2.31. The summed E-state index contributed by atoms with van der Waals surface area (Å²) < 4.78 is 5.35. The van der Waals surface area contributed by atoms with Gasteiger partial charge < -0.3 is 20.1 Å². The van der Waals surface area contributed by atoms with E-state index >= 15 is 0 Å². The summed E-state index contributed by atoms with van der Waals surface area (Å²) >= 11 is 0. The minimum Gasteiger partial charge on any atom is -0.388 e. The molecule has 0 amide bonds. The third-order valence-corrected chi connectivity index (χ3v) is 5.40. The topological polar surface area (TPSA) is 60.3 Å². The summed E-state index contributed by atoms with van der Waals surface area (Å²) in [6.07, 6.45) is 5.29. The molecule has 0 spiro atoms. The Kier molecular flexibility index (Phi) is 8.03. The summed E-state index contributed by atoms with van der Waals surface area (Å²) in [7, 11) is 0. The van der Waals surface area contributed by atoms with Gasteiger partial charge in [0.2, 0.25) is 0 Å². The van der Waals surface area contributed by atoms with Gasteiger partial charge in [0.05, 0.1) is 12.1 Å². The molecule has 3 heterocycles. The molecule has 7 heteroatoms. The van der Waals surface area contributed by atoms with Crippen molar-refractivity contribution in [2.45, 2.75) is 50.7 Å². The molecule has 3 aliphatic heterocycles. The molecule has 3 saturated heterocycles. The number of aliphatic hydroxyl groups is 1. The number of rotatable bonds is 4. The zero-order valence-electron chi connectivity index (χ0n) is 14.9. The van der Waals surface area contributed by atoms with Crippen molar-refractivity contribution in [1.29, 1.82) is 0 Å². The van der Waals surface area contributed by atoms with E-state index in [2.05, 4.69) is 22.0 Å². The van der Waals surface area contributed by atoms with Gasteiger partial charge in [-0.25, -0.2) is 0 Å². The molecule has 0 saturated carbocycles. The van der Waals surface area contributed by atoms with Crippen LogP contribution in [-0.2, 0) is 4.74 Å². The fraction of sp³-hybridized carbons (Fsp3) is 0.941. The normalized spacial score (nSPS) is 28.0. The first-order valence-corrected chi connectivity index (χ1v) is 9.28. The van der Waals surface area contributed by atoms with Crippen LogP contribution in [0.1, 0.15) is 39.0 Å². The number of aliphatic imine (C=N–C) groups is 1. The van der Waals surface area contributed by atoms with Crippen LogP contribution in [0.3, 0.4) is 0 Å². The van der Waals surface area contributed by atoms with Gasteiger partial charge in [-0.05, 0) is 39.3 Å². The lowest BCUT2D eigenvalue weighted by molar-refractivity contribution is -0.0566. The number of halogens is 1. The fourth-order valence-electron chi connectivity index (χ4n) is 3.90. The van der Waals surface area contributed by atoms with Crippen LogP contribution in [0, 0.1) is 0 Å². The Labute approximate surface area is 163 Å². The average molecular weight is 452 g/mol. The van der Waals surface area contributed by atoms with E-state index in [-0.39, 0.29) is 24.0 Å². The highest BCUT2D eigenvalue weighted by Crippen LogP contribution is 2.22. The second-order valence-electron chi connectivity index (χ2n) is 7.14. The quantitative estimate of drug-likeness (QED) is 0.383. The first-order chi connectivity index (χ1) is 11.2. The molecule has 0 aliphatic carbocycles. The molecule has 6 nitrogen and oxygen atoms in total. The van der Waals surface area contributed by atoms with Gasteiger partial charge in [0, 0.05) is 51.7 Å². The highest BCUT2D eigenvalue weighted by atomic mass is 127. The summed E-state index contributed by atoms with van der Waals surface area (Å²) in [5.74, 6) is 0.967. The van der Waals surface area contributed by atoms with Gasteiger partial charge in [-0.2, -0.15) is 0 Å². The zero-order valence-corrected chi connectivity index (χ0v) is 17.2. The maximum atomic E-state index is 10.6. The molecule has 0 radical (unpaired) electrons. The van der Waals surface area contributed by atoms with E-state index in [1.165, 1.54) is 32.4 Å². The Morgan fingerprint density at radius 3 is 2.62 bits per heavy atom. The molecule has 24 heavy (non-hydrogen) atoms. The molecule has 1 unspecified atom stereocenters. The van der Waals surface area contributed by atoms with Crippen LogP contribution in [0.5, 0.6) is 0 Å². The van der Waals surface area contributed by atoms with E-state index in [0.717, 1.165) is 25.6 Å². The first kappa shape index (κ1) is 20.2. The average Bonchev–Trinajstić information content (AvgIpc) is 3.23. The molecule has 3 rings (SSSR count). The van der Waals surface area contributed by atoms with E-state index in [4.69, 9.17) is 9.73 Å². The molecule has 2 N–H and O–H groups in total. The van der Waals surface area contributed by atoms with Gasteiger partial charge in [0.25, 0.3) is 0 Å². The van der Waals surface area contributed by atoms with Gasteiger partial charge in [-0.3, -0.25) is 9.89 Å². The van der Waals surface area contributed by atoms with Crippen LogP contribution in [0.25, 0.3) is 0 Å². The van der Waals surface area contributed by atoms with Crippen LogP contribution in [0.2, 0.25) is 0 Å². The van der Waals surface area contributed by atoms with Gasteiger partial charge in [-0.1, -0.05) is 0 Å². The van der Waals surface area contributed by atoms with Crippen molar-refractivity contribution in [2.75, 3.05) is 52.5 Å². The van der Waals surface area contributed by atoms with Gasteiger partial charge >= 0.3 is 0 Å². The molecule has 0 aromatic carbocycles. The predicted octanol–water partition coefficient (Wildman–Crippen LogP) is 1.28. The molecule has 0 aromatic heterocycles. The highest BCUT2D eigenvalue weighted by molar-refractivity contribution is 14.0. The number of hydrogen-bond acceptors (Lipinski definition) is 4. The Morgan fingerprint density at radius 2 is 1.96 bits per heavy atom. The van der Waals surface area contributed by atoms with Crippen molar-refractivity contribution in [1.82, 2.24) is 15.1 Å². The van der Waals surface area contributed by atoms with Crippen LogP contribution < -0.4 is 5.32 Å². The van der Waals surface area contributed by atoms with Crippen molar-refractivity contribution in [3.8, 4) is 0 Å². The van der Waals surface area contributed by atoms with Crippen LogP contribution >= 0.6 is 24.0 Å². The Bertz CT molecular complexity index is 409. The van der Waals surface area contributed by atoms with Gasteiger partial charge in [0.1, 0.15) is 0 Å². The molecule has 0 bridgehead atoms. The van der Waals surface area contributed by atoms with Crippen molar-refractivity contribution in [3.63, 3.8) is 0 Å². The third kappa shape index (κ3) is 5.19. The van der Waals surface area contributed by atoms with Crippen molar-refractivity contribution in [3.05, 3.63) is 0 Å². The summed E-state index contributed by atoms with van der Waals surface area (Å²) in [4.78, 5) is 9.76. The maximum Gasteiger partial charge on any atom is 0.194 e. The van der Waals surface area contributed by atoms with Gasteiger partial charge in [0.15, 0.2) is 5.96 Å². The number of likely N-dealkylation sites (tertiary alicyclic amines) is 2. The van der Waals surface area contributed by atoms with Crippen LogP contribution in [0.4, 0.5) is 0 Å². The molecular formula is C17H33IN4O2. The fourth-order valence-corrected chi connectivity index (χ4v) is 3.90. The van der Waals surface area contributed by atoms with Crippen molar-refractivity contribution >= 4 is 29.9 Å². The number of nitrogens with zero attached hydrogens (tertiary/aromatic N) is 3. The Morgan fingerprint density at radius 1 is 1.25 bits per heavy atom. The Balaban J connectivity index is 0.00000208. The number of nitrogens with one attached hydrogen (secondary N) is 1. The number of guanidine groups is 1. The molecule has 3 aliphatic rings. The van der Waals surface area contributed by atoms with Crippen LogP contribution in [-0.4, -0.2) is 85.0 Å². The summed E-state index contributed by atoms with van der Waals surface area (Å²) in [6, 6.07) is 0.674. The molecule has 1 atom stereocenters. The second kappa shape index (κ2) is 9.54. The minimum atomic E-state index is -0.688. The second-order valence-corrected chi connectivity index (χ2v) is 7.14. The summed E-state index contributed by atoms with van der Waals surface area (Å²) in [6.45, 7) is 9.37. The van der Waals surface area contributed by atoms with E-state index in [0.29, 0.717) is 38.6 Å². The molecule has 140 valence electrons. The lowest BCUT2D eigenvalue weighted by atomic mass is 9.95. The van der Waals surface area contributed by atoms with Crippen molar-refractivity contribution in [2.24, 2.45) is 4.99 Å². The van der Waals surface area contributed by atoms with E-state index in [9.17, 15) is 5.11 Å². The smallest absolute Gasteiger partial charge is 0.194 e. The standard InChI is InChI=1S/C17H32N4O2.HI/c1-2-18-16(19-14-17(22)6-11-23-12-7-17)21-10-5-15(13-21)20-8-3-4-9-20;/h15,22H,2-14H2,1H3,(H,18,19);1H. The molecule has 0 aromatic rings. The van der Waals surface area contributed by atoms with Gasteiger partial charge in [-0.15, -0.1) is 24.0 Å². The van der Waals surface area contributed by atoms with Crippen LogP contribution in [0.15, 0.2) is 4.99 Å². The maximum absolute atomic E-state index is 10.6. The third-order valence-electron chi connectivity index (χ3n) is 5.40. The zero-order chi connectivity index (χ0) is 16.1. The monoisotopic (exact) mass is 452 g/mol. The first-order valence-electron chi connectivity index (χ1n) is 9.28. The van der Waals surface area contributed by atoms with Crippen molar-refractivity contribution < 1.29 is 9.84 Å². The number of ether oxygens (including phenoxy) is 1. The molecule has 3 fully saturated rings. The summed E-state index contributed by atoms with van der Waals surface area (Å²) in [5.41, 5.74) is -0.688. The largest absolute Gasteiger partial charge is 0.388 e. The number of hydrogen-bond donors (Lipinski definition) is 2. The minimum absolute atomic E-state index is 0. The highest BCUT2D eigenvalue weighted by Gasteiger charge is 2.32. The molecular weight excluding hydrogens is 419 g/mol. The SMILES string of the molecule is CCNC(=NCC1(O)CCOCC1)N1CCC(N2CCCC2)C1.I. The van der Waals surface area contributed by atoms with E-state index < -0.39 is 5.60 Å².